The molecular weight excluding hydrogens is 274 g/mol. The van der Waals surface area contributed by atoms with Crippen LogP contribution in [0.15, 0.2) is 48.5 Å². The minimum atomic E-state index is -0.101. The van der Waals surface area contributed by atoms with Crippen molar-refractivity contribution in [3.63, 3.8) is 0 Å². The number of carbonyl (C=O) groups excluding carboxylic acids is 1. The average Bonchev–Trinajstić information content (AvgIpc) is 2.55. The first kappa shape index (κ1) is 16.2. The molecule has 0 bridgehead atoms. The monoisotopic (exact) mass is 297 g/mol. The number of hydrogen-bond acceptors (Lipinski definition) is 2. The van der Waals surface area contributed by atoms with Crippen molar-refractivity contribution in [1.29, 1.82) is 0 Å². The van der Waals surface area contributed by atoms with Crippen LogP contribution in [0.5, 0.6) is 0 Å². The van der Waals surface area contributed by atoms with Crippen molar-refractivity contribution in [2.24, 2.45) is 0 Å². The molecule has 3 nitrogen and oxygen atoms in total. The van der Waals surface area contributed by atoms with E-state index in [1.54, 1.807) is 0 Å². The molecule has 0 aliphatic rings. The summed E-state index contributed by atoms with van der Waals surface area (Å²) in [6.07, 6.45) is 0.575. The number of aliphatic hydroxyl groups is 1. The minimum Gasteiger partial charge on any atom is -0.396 e. The van der Waals surface area contributed by atoms with E-state index in [9.17, 15) is 4.79 Å². The van der Waals surface area contributed by atoms with Crippen molar-refractivity contribution >= 4 is 5.91 Å². The number of aliphatic hydroxyl groups excluding tert-OH is 1. The van der Waals surface area contributed by atoms with E-state index in [4.69, 9.17) is 5.11 Å². The van der Waals surface area contributed by atoms with Crippen molar-refractivity contribution in [3.05, 3.63) is 59.7 Å². The van der Waals surface area contributed by atoms with Gasteiger partial charge in [0.05, 0.1) is 0 Å². The standard InChI is InChI=1S/C19H23NO2/c1-14(2)17-5-3-6-18(13-17)15-7-9-16(10-8-15)19(22)20-11-4-12-21/h3,5-10,13-14,21H,4,11-12H2,1-2H3,(H,20,22). The van der Waals surface area contributed by atoms with Crippen LogP contribution in [0.4, 0.5) is 0 Å². The van der Waals surface area contributed by atoms with Crippen LogP contribution < -0.4 is 5.32 Å². The lowest BCUT2D eigenvalue weighted by atomic mass is 9.97. The minimum absolute atomic E-state index is 0.0887. The Hall–Kier alpha value is -2.13. The normalized spacial score (nSPS) is 10.7. The highest BCUT2D eigenvalue weighted by Gasteiger charge is 2.06. The zero-order valence-corrected chi connectivity index (χ0v) is 13.2. The molecule has 0 saturated heterocycles. The predicted molar refractivity (Wildman–Crippen MR) is 90.0 cm³/mol. The molecule has 0 aliphatic carbocycles. The van der Waals surface area contributed by atoms with Gasteiger partial charge in [-0.2, -0.15) is 0 Å². The van der Waals surface area contributed by atoms with Gasteiger partial charge >= 0.3 is 0 Å². The highest BCUT2D eigenvalue weighted by molar-refractivity contribution is 5.94. The van der Waals surface area contributed by atoms with Gasteiger partial charge < -0.3 is 10.4 Å². The SMILES string of the molecule is CC(C)c1cccc(-c2ccc(C(=O)NCCCO)cc2)c1. The van der Waals surface area contributed by atoms with Gasteiger partial charge in [0.25, 0.3) is 5.91 Å². The zero-order valence-electron chi connectivity index (χ0n) is 13.2. The fraction of sp³-hybridized carbons (Fsp3) is 0.316. The smallest absolute Gasteiger partial charge is 0.251 e. The molecule has 0 fully saturated rings. The molecule has 1 amide bonds. The molecule has 0 spiro atoms. The van der Waals surface area contributed by atoms with Crippen molar-refractivity contribution in [2.75, 3.05) is 13.2 Å². The molecule has 0 saturated carbocycles. The highest BCUT2D eigenvalue weighted by Crippen LogP contribution is 2.24. The number of carbonyl (C=O) groups is 1. The van der Waals surface area contributed by atoms with E-state index in [2.05, 4.69) is 43.4 Å². The van der Waals surface area contributed by atoms with Crippen LogP contribution in [-0.2, 0) is 0 Å². The summed E-state index contributed by atoms with van der Waals surface area (Å²) in [5.74, 6) is 0.396. The van der Waals surface area contributed by atoms with E-state index in [0.29, 0.717) is 24.4 Å². The topological polar surface area (TPSA) is 49.3 Å². The molecule has 0 atom stereocenters. The maximum Gasteiger partial charge on any atom is 0.251 e. The van der Waals surface area contributed by atoms with E-state index >= 15 is 0 Å². The molecule has 2 rings (SSSR count). The molecule has 0 heterocycles. The van der Waals surface area contributed by atoms with Crippen LogP contribution >= 0.6 is 0 Å². The van der Waals surface area contributed by atoms with Crippen LogP contribution in [0.25, 0.3) is 11.1 Å². The molecule has 2 N–H and O–H groups in total. The largest absolute Gasteiger partial charge is 0.396 e. The third-order valence-electron chi connectivity index (χ3n) is 3.65. The Morgan fingerprint density at radius 1 is 1.09 bits per heavy atom. The van der Waals surface area contributed by atoms with Gasteiger partial charge in [-0.1, -0.05) is 50.2 Å². The first-order chi connectivity index (χ1) is 10.6. The highest BCUT2D eigenvalue weighted by atomic mass is 16.3. The predicted octanol–water partition coefficient (Wildman–Crippen LogP) is 3.59. The zero-order chi connectivity index (χ0) is 15.9. The summed E-state index contributed by atoms with van der Waals surface area (Å²) in [6, 6.07) is 16.1. The van der Waals surface area contributed by atoms with E-state index in [1.807, 2.05) is 24.3 Å². The van der Waals surface area contributed by atoms with Gasteiger partial charge in [-0.15, -0.1) is 0 Å². The van der Waals surface area contributed by atoms with Gasteiger partial charge in [0, 0.05) is 18.7 Å². The first-order valence-electron chi connectivity index (χ1n) is 7.71. The van der Waals surface area contributed by atoms with Gasteiger partial charge in [0.15, 0.2) is 0 Å². The van der Waals surface area contributed by atoms with Gasteiger partial charge in [0.1, 0.15) is 0 Å². The van der Waals surface area contributed by atoms with E-state index in [1.165, 1.54) is 11.1 Å². The Labute approximate surface area is 132 Å². The molecular formula is C19H23NO2. The van der Waals surface area contributed by atoms with Crippen LogP contribution in [0.1, 0.15) is 42.1 Å². The van der Waals surface area contributed by atoms with Crippen molar-refractivity contribution in [3.8, 4) is 11.1 Å². The van der Waals surface area contributed by atoms with Gasteiger partial charge in [-0.25, -0.2) is 0 Å². The molecule has 2 aromatic rings. The summed E-state index contributed by atoms with van der Waals surface area (Å²) in [6.45, 7) is 4.94. The van der Waals surface area contributed by atoms with E-state index in [-0.39, 0.29) is 12.5 Å². The Kier molecular flexibility index (Phi) is 5.73. The molecule has 0 unspecified atom stereocenters. The Morgan fingerprint density at radius 3 is 2.45 bits per heavy atom. The number of benzene rings is 2. The quantitative estimate of drug-likeness (QED) is 0.801. The van der Waals surface area contributed by atoms with Crippen molar-refractivity contribution in [1.82, 2.24) is 5.32 Å². The second kappa shape index (κ2) is 7.76. The van der Waals surface area contributed by atoms with E-state index < -0.39 is 0 Å². The molecule has 3 heteroatoms. The van der Waals surface area contributed by atoms with Gasteiger partial charge in [-0.05, 0) is 41.2 Å². The molecule has 0 aromatic heterocycles. The van der Waals surface area contributed by atoms with Crippen LogP contribution in [0, 0.1) is 0 Å². The van der Waals surface area contributed by atoms with Crippen LogP contribution in [-0.4, -0.2) is 24.2 Å². The Bertz CT molecular complexity index is 618. The Balaban J connectivity index is 2.11. The lowest BCUT2D eigenvalue weighted by molar-refractivity contribution is 0.0951. The second-order valence-electron chi connectivity index (χ2n) is 5.69. The summed E-state index contributed by atoms with van der Waals surface area (Å²) in [7, 11) is 0. The van der Waals surface area contributed by atoms with Crippen molar-refractivity contribution < 1.29 is 9.90 Å². The van der Waals surface area contributed by atoms with E-state index in [0.717, 1.165) is 5.56 Å². The second-order valence-corrected chi connectivity index (χ2v) is 5.69. The Morgan fingerprint density at radius 2 is 1.82 bits per heavy atom. The summed E-state index contributed by atoms with van der Waals surface area (Å²) in [4.78, 5) is 11.9. The average molecular weight is 297 g/mol. The van der Waals surface area contributed by atoms with Gasteiger partial charge in [-0.3, -0.25) is 4.79 Å². The molecule has 116 valence electrons. The number of hydrogen-bond donors (Lipinski definition) is 2. The third kappa shape index (κ3) is 4.18. The van der Waals surface area contributed by atoms with Gasteiger partial charge in [0.2, 0.25) is 0 Å². The summed E-state index contributed by atoms with van der Waals surface area (Å²) >= 11 is 0. The fourth-order valence-electron chi connectivity index (χ4n) is 2.27. The van der Waals surface area contributed by atoms with Crippen LogP contribution in [0.2, 0.25) is 0 Å². The number of nitrogens with one attached hydrogen (secondary N) is 1. The maximum absolute atomic E-state index is 11.9. The summed E-state index contributed by atoms with van der Waals surface area (Å²) in [5, 5.41) is 11.5. The lowest BCUT2D eigenvalue weighted by Crippen LogP contribution is -2.24. The summed E-state index contributed by atoms with van der Waals surface area (Å²) in [5.41, 5.74) is 4.22. The first-order valence-corrected chi connectivity index (χ1v) is 7.71. The fourth-order valence-corrected chi connectivity index (χ4v) is 2.27. The van der Waals surface area contributed by atoms with Crippen molar-refractivity contribution in [2.45, 2.75) is 26.2 Å². The van der Waals surface area contributed by atoms with Crippen LogP contribution in [0.3, 0.4) is 0 Å². The summed E-state index contributed by atoms with van der Waals surface area (Å²) < 4.78 is 0. The molecule has 0 aliphatic heterocycles. The maximum atomic E-state index is 11.9. The lowest BCUT2D eigenvalue weighted by Gasteiger charge is -2.09. The molecule has 2 aromatic carbocycles. The number of rotatable bonds is 6. The number of amides is 1. The molecule has 22 heavy (non-hydrogen) atoms. The molecule has 0 radical (unpaired) electrons. The third-order valence-corrected chi connectivity index (χ3v) is 3.65.